The molecule has 0 aliphatic carbocycles. The second-order valence-electron chi connectivity index (χ2n) is 6.88. The van der Waals surface area contributed by atoms with Crippen molar-refractivity contribution in [2.45, 2.75) is 26.8 Å². The molecule has 0 radical (unpaired) electrons. The van der Waals surface area contributed by atoms with Crippen molar-refractivity contribution in [3.8, 4) is 5.75 Å². The van der Waals surface area contributed by atoms with E-state index in [0.717, 1.165) is 21.3 Å². The third-order valence-corrected chi connectivity index (χ3v) is 4.61. The third-order valence-electron chi connectivity index (χ3n) is 4.09. The van der Waals surface area contributed by atoms with Crippen molar-refractivity contribution in [1.29, 1.82) is 0 Å². The van der Waals surface area contributed by atoms with Crippen molar-refractivity contribution < 1.29 is 14.3 Å². The van der Waals surface area contributed by atoms with Crippen LogP contribution in [-0.2, 0) is 17.8 Å². The second-order valence-corrected chi connectivity index (χ2v) is 7.80. The molecule has 1 heterocycles. The van der Waals surface area contributed by atoms with Crippen LogP contribution in [0.25, 0.3) is 0 Å². The number of ether oxygens (including phenoxy) is 1. The zero-order chi connectivity index (χ0) is 19.4. The summed E-state index contributed by atoms with van der Waals surface area (Å²) in [4.78, 5) is 29.9. The van der Waals surface area contributed by atoms with Crippen molar-refractivity contribution >= 4 is 33.6 Å². The molecule has 1 aliphatic rings. The molecular weight excluding hydrogens is 408 g/mol. The van der Waals surface area contributed by atoms with Crippen LogP contribution < -0.4 is 4.74 Å². The summed E-state index contributed by atoms with van der Waals surface area (Å²) in [5.74, 6) is 0.918. The highest BCUT2D eigenvalue weighted by Gasteiger charge is 2.32. The topological polar surface area (TPSA) is 59.0 Å². The molecule has 0 aromatic heterocycles. The molecule has 5 nitrogen and oxygen atoms in total. The number of halogens is 1. The lowest BCUT2D eigenvalue weighted by molar-refractivity contribution is -0.121. The predicted molar refractivity (Wildman–Crippen MR) is 108 cm³/mol. The van der Waals surface area contributed by atoms with E-state index >= 15 is 0 Å². The van der Waals surface area contributed by atoms with Crippen LogP contribution in [0.2, 0.25) is 0 Å². The minimum atomic E-state index is -0.505. The van der Waals surface area contributed by atoms with Gasteiger partial charge in [0.15, 0.2) is 0 Å². The molecule has 0 bridgehead atoms. The van der Waals surface area contributed by atoms with Gasteiger partial charge in [0.25, 0.3) is 5.91 Å². The number of rotatable bonds is 7. The number of hydrogen-bond donors (Lipinski definition) is 0. The summed E-state index contributed by atoms with van der Waals surface area (Å²) >= 11 is 3.37. The number of imide groups is 1. The van der Waals surface area contributed by atoms with Crippen LogP contribution in [0, 0.1) is 5.92 Å². The lowest BCUT2D eigenvalue weighted by Gasteiger charge is -2.13. The average Bonchev–Trinajstić information content (AvgIpc) is 2.90. The molecule has 6 heteroatoms. The molecule has 0 N–H and O–H groups in total. The first-order chi connectivity index (χ1) is 12.9. The monoisotopic (exact) mass is 428 g/mol. The number of benzene rings is 2. The number of carbonyl (C=O) groups excluding carboxylic acids is 2. The Morgan fingerprint density at radius 2 is 1.63 bits per heavy atom. The molecule has 0 saturated carbocycles. The van der Waals surface area contributed by atoms with Crippen molar-refractivity contribution in [3.63, 3.8) is 0 Å². The lowest BCUT2D eigenvalue weighted by atomic mass is 10.1. The maximum absolute atomic E-state index is 12.6. The SMILES string of the molecule is CC(C)COc1ccc(CC2=NC(=O)N(Cc3ccc(Br)cc3)C2=O)cc1. The normalized spacial score (nSPS) is 14.1. The van der Waals surface area contributed by atoms with Crippen LogP contribution in [0.1, 0.15) is 25.0 Å². The van der Waals surface area contributed by atoms with Crippen molar-refractivity contribution in [3.05, 3.63) is 64.1 Å². The maximum atomic E-state index is 12.6. The first kappa shape index (κ1) is 19.3. The Bertz CT molecular complexity index is 858. The maximum Gasteiger partial charge on any atom is 0.351 e. The van der Waals surface area contributed by atoms with Gasteiger partial charge in [0, 0.05) is 10.9 Å². The van der Waals surface area contributed by atoms with Gasteiger partial charge in [-0.25, -0.2) is 4.79 Å². The number of hydrogen-bond acceptors (Lipinski definition) is 3. The molecule has 1 aliphatic heterocycles. The highest BCUT2D eigenvalue weighted by molar-refractivity contribution is 9.10. The van der Waals surface area contributed by atoms with Gasteiger partial charge in [-0.2, -0.15) is 4.99 Å². The fourth-order valence-corrected chi connectivity index (χ4v) is 2.92. The quantitative estimate of drug-likeness (QED) is 0.645. The number of urea groups is 1. The molecule has 3 rings (SSSR count). The fraction of sp³-hybridized carbons (Fsp3) is 0.286. The fourth-order valence-electron chi connectivity index (χ4n) is 2.65. The largest absolute Gasteiger partial charge is 0.493 e. The lowest BCUT2D eigenvalue weighted by Crippen LogP contribution is -2.32. The molecule has 140 valence electrons. The van der Waals surface area contributed by atoms with Gasteiger partial charge in [0.2, 0.25) is 0 Å². The molecular formula is C21H21BrN2O3. The smallest absolute Gasteiger partial charge is 0.351 e. The van der Waals surface area contributed by atoms with Crippen LogP contribution in [0.4, 0.5) is 4.79 Å². The summed E-state index contributed by atoms with van der Waals surface area (Å²) in [5.41, 5.74) is 2.06. The Morgan fingerprint density at radius 1 is 1.00 bits per heavy atom. The van der Waals surface area contributed by atoms with Crippen molar-refractivity contribution in [2.75, 3.05) is 6.61 Å². The molecule has 0 atom stereocenters. The highest BCUT2D eigenvalue weighted by Crippen LogP contribution is 2.19. The van der Waals surface area contributed by atoms with E-state index in [9.17, 15) is 9.59 Å². The molecule has 0 unspecified atom stereocenters. The Morgan fingerprint density at radius 3 is 2.26 bits per heavy atom. The van der Waals surface area contributed by atoms with Crippen LogP contribution in [0.3, 0.4) is 0 Å². The van der Waals surface area contributed by atoms with Gasteiger partial charge in [-0.05, 0) is 41.3 Å². The molecule has 27 heavy (non-hydrogen) atoms. The van der Waals surface area contributed by atoms with E-state index in [1.165, 1.54) is 4.90 Å². The molecule has 2 aromatic carbocycles. The zero-order valence-corrected chi connectivity index (χ0v) is 16.9. The van der Waals surface area contributed by atoms with E-state index in [-0.39, 0.29) is 18.2 Å². The van der Waals surface area contributed by atoms with Crippen LogP contribution in [0.15, 0.2) is 58.0 Å². The van der Waals surface area contributed by atoms with Gasteiger partial charge >= 0.3 is 6.03 Å². The van der Waals surface area contributed by atoms with Gasteiger partial charge in [0.05, 0.1) is 13.2 Å². The van der Waals surface area contributed by atoms with Crippen molar-refractivity contribution in [1.82, 2.24) is 4.90 Å². The molecule has 0 fully saturated rings. The van der Waals surface area contributed by atoms with E-state index in [1.807, 2.05) is 48.5 Å². The molecule has 0 saturated heterocycles. The molecule has 3 amide bonds. The molecule has 0 spiro atoms. The first-order valence-corrected chi connectivity index (χ1v) is 9.61. The van der Waals surface area contributed by atoms with Crippen LogP contribution >= 0.6 is 15.9 Å². The van der Waals surface area contributed by atoms with Crippen LogP contribution in [0.5, 0.6) is 5.75 Å². The number of aliphatic imine (C=N–C) groups is 1. The highest BCUT2D eigenvalue weighted by atomic mass is 79.9. The number of amides is 3. The summed E-state index contributed by atoms with van der Waals surface area (Å²) < 4.78 is 6.61. The Balaban J connectivity index is 1.62. The number of carbonyl (C=O) groups is 2. The summed E-state index contributed by atoms with van der Waals surface area (Å²) in [6.45, 7) is 5.06. The Labute approximate surface area is 167 Å². The van der Waals surface area contributed by atoms with E-state index in [0.29, 0.717) is 18.9 Å². The van der Waals surface area contributed by atoms with E-state index in [2.05, 4.69) is 34.8 Å². The third kappa shape index (κ3) is 5.04. The van der Waals surface area contributed by atoms with E-state index in [1.54, 1.807) is 0 Å². The standard InChI is InChI=1S/C21H21BrN2O3/c1-14(2)13-27-18-9-5-15(6-10-18)11-19-20(25)24(21(26)23-19)12-16-3-7-17(22)8-4-16/h3-10,14H,11-13H2,1-2H3. The zero-order valence-electron chi connectivity index (χ0n) is 15.3. The second kappa shape index (κ2) is 8.48. The van der Waals surface area contributed by atoms with Gasteiger partial charge in [-0.1, -0.05) is 54.0 Å². The number of nitrogens with zero attached hydrogens (tertiary/aromatic N) is 2. The van der Waals surface area contributed by atoms with E-state index in [4.69, 9.17) is 4.74 Å². The predicted octanol–water partition coefficient (Wildman–Crippen LogP) is 4.63. The minimum absolute atomic E-state index is 0.222. The average molecular weight is 429 g/mol. The first-order valence-electron chi connectivity index (χ1n) is 8.82. The van der Waals surface area contributed by atoms with Crippen molar-refractivity contribution in [2.24, 2.45) is 10.9 Å². The molecule has 2 aromatic rings. The summed E-state index contributed by atoms with van der Waals surface area (Å²) in [6.07, 6.45) is 0.325. The Hall–Kier alpha value is -2.47. The van der Waals surface area contributed by atoms with Crippen LogP contribution in [-0.4, -0.2) is 29.2 Å². The summed E-state index contributed by atoms with van der Waals surface area (Å²) in [7, 11) is 0. The summed E-state index contributed by atoms with van der Waals surface area (Å²) in [6, 6.07) is 14.5. The van der Waals surface area contributed by atoms with Gasteiger partial charge in [-0.15, -0.1) is 0 Å². The summed E-state index contributed by atoms with van der Waals surface area (Å²) in [5, 5.41) is 0. The Kier molecular flexibility index (Phi) is 6.06. The van der Waals surface area contributed by atoms with E-state index < -0.39 is 6.03 Å². The van der Waals surface area contributed by atoms with Gasteiger partial charge in [0.1, 0.15) is 11.5 Å². The van der Waals surface area contributed by atoms with Gasteiger partial charge < -0.3 is 4.74 Å². The van der Waals surface area contributed by atoms with Gasteiger partial charge in [-0.3, -0.25) is 9.69 Å². The minimum Gasteiger partial charge on any atom is -0.493 e.